The molecule has 0 spiro atoms. The zero-order chi connectivity index (χ0) is 24.8. The number of amides is 1. The third-order valence-electron chi connectivity index (χ3n) is 4.72. The number of thiophene rings is 1. The molecule has 0 saturated carbocycles. The van der Waals surface area contributed by atoms with Gasteiger partial charge in [-0.25, -0.2) is 4.79 Å². The van der Waals surface area contributed by atoms with E-state index in [4.69, 9.17) is 32.7 Å². The smallest absolute Gasteiger partial charge is 0.341 e. The number of aryl methyl sites for hydroxylation is 1. The minimum atomic E-state index is -0.486. The predicted octanol–water partition coefficient (Wildman–Crippen LogP) is 5.55. The molecule has 0 atom stereocenters. The predicted molar refractivity (Wildman–Crippen MR) is 135 cm³/mol. The minimum Gasteiger partial charge on any atom is -0.484 e. The largest absolute Gasteiger partial charge is 0.484 e. The fourth-order valence-corrected chi connectivity index (χ4v) is 5.10. The Morgan fingerprint density at radius 1 is 1.29 bits per heavy atom. The topological polar surface area (TPSA) is 95.3 Å². The van der Waals surface area contributed by atoms with Gasteiger partial charge in [0.1, 0.15) is 17.4 Å². The molecular weight excluding hydrogens is 519 g/mol. The Labute approximate surface area is 215 Å². The normalized spacial score (nSPS) is 10.7. The number of hydrogen-bond acceptors (Lipinski definition) is 8. The summed E-state index contributed by atoms with van der Waals surface area (Å²) >= 11 is 14.7. The molecule has 3 rings (SSSR count). The number of carbonyl (C=O) groups excluding carboxylic acids is 2. The molecule has 0 radical (unpaired) electrons. The summed E-state index contributed by atoms with van der Waals surface area (Å²) < 4.78 is 12.4. The van der Waals surface area contributed by atoms with E-state index in [1.165, 1.54) is 30.2 Å². The number of aromatic nitrogens is 3. The number of ether oxygens (including phenoxy) is 2. The van der Waals surface area contributed by atoms with Crippen LogP contribution in [0.5, 0.6) is 5.75 Å². The summed E-state index contributed by atoms with van der Waals surface area (Å²) in [5.41, 5.74) is 1.16. The summed E-state index contributed by atoms with van der Waals surface area (Å²) in [6.45, 7) is 8.00. The van der Waals surface area contributed by atoms with Gasteiger partial charge in [0, 0.05) is 22.5 Å². The van der Waals surface area contributed by atoms with Crippen molar-refractivity contribution in [2.45, 2.75) is 32.2 Å². The lowest BCUT2D eigenvalue weighted by atomic mass is 10.1. The Morgan fingerprint density at radius 3 is 2.76 bits per heavy atom. The zero-order valence-corrected chi connectivity index (χ0v) is 21.8. The van der Waals surface area contributed by atoms with Crippen molar-refractivity contribution in [3.8, 4) is 5.75 Å². The maximum atomic E-state index is 12.6. The van der Waals surface area contributed by atoms with Crippen molar-refractivity contribution in [3.63, 3.8) is 0 Å². The number of allylic oxidation sites excluding steroid dienone is 1. The van der Waals surface area contributed by atoms with Crippen LogP contribution in [0.25, 0.3) is 0 Å². The van der Waals surface area contributed by atoms with Gasteiger partial charge >= 0.3 is 5.97 Å². The van der Waals surface area contributed by atoms with Crippen LogP contribution in [-0.2, 0) is 22.7 Å². The van der Waals surface area contributed by atoms with E-state index < -0.39 is 5.97 Å². The molecule has 1 amide bonds. The molecule has 180 valence electrons. The summed E-state index contributed by atoms with van der Waals surface area (Å²) in [4.78, 5) is 25.7. The molecule has 0 unspecified atom stereocenters. The van der Waals surface area contributed by atoms with Crippen LogP contribution in [-0.4, -0.2) is 39.5 Å². The Balaban J connectivity index is 1.68. The van der Waals surface area contributed by atoms with E-state index in [9.17, 15) is 9.59 Å². The van der Waals surface area contributed by atoms with Gasteiger partial charge in [-0.2, -0.15) is 0 Å². The minimum absolute atomic E-state index is 0.0624. The summed E-state index contributed by atoms with van der Waals surface area (Å²) in [7, 11) is 1.31. The van der Waals surface area contributed by atoms with Crippen LogP contribution < -0.4 is 10.1 Å². The second-order valence-corrected chi connectivity index (χ2v) is 9.99. The second-order valence-electron chi connectivity index (χ2n) is 6.98. The molecule has 0 aliphatic carbocycles. The van der Waals surface area contributed by atoms with Crippen LogP contribution in [0.1, 0.15) is 26.6 Å². The number of carbonyl (C=O) groups is 2. The SMILES string of the molecule is C=CCn1c(COc2cc(Cl)ccc2Cl)nnc1SCC(=O)Nc1sc(C)c(C)c1C(=O)OC. The number of nitrogens with zero attached hydrogens (tertiary/aromatic N) is 3. The highest BCUT2D eigenvalue weighted by molar-refractivity contribution is 7.99. The highest BCUT2D eigenvalue weighted by Gasteiger charge is 2.22. The molecule has 2 aromatic heterocycles. The lowest BCUT2D eigenvalue weighted by Crippen LogP contribution is -2.16. The number of halogens is 2. The average Bonchev–Trinajstić information content (AvgIpc) is 3.32. The van der Waals surface area contributed by atoms with E-state index in [1.54, 1.807) is 28.8 Å². The van der Waals surface area contributed by atoms with E-state index >= 15 is 0 Å². The molecule has 3 aromatic rings. The summed E-state index contributed by atoms with van der Waals surface area (Å²) in [5, 5.41) is 13.1. The van der Waals surface area contributed by atoms with Gasteiger partial charge in [0.2, 0.25) is 5.91 Å². The second kappa shape index (κ2) is 11.7. The molecule has 0 aliphatic heterocycles. The van der Waals surface area contributed by atoms with Crippen LogP contribution in [0, 0.1) is 13.8 Å². The summed E-state index contributed by atoms with van der Waals surface area (Å²) in [5.74, 6) is 0.260. The number of hydrogen-bond donors (Lipinski definition) is 1. The molecule has 12 heteroatoms. The monoisotopic (exact) mass is 540 g/mol. The van der Waals surface area contributed by atoms with Crippen LogP contribution in [0.3, 0.4) is 0 Å². The lowest BCUT2D eigenvalue weighted by molar-refractivity contribution is -0.113. The van der Waals surface area contributed by atoms with Crippen molar-refractivity contribution in [1.82, 2.24) is 14.8 Å². The fourth-order valence-electron chi connectivity index (χ4n) is 2.93. The number of thioether (sulfide) groups is 1. The zero-order valence-electron chi connectivity index (χ0n) is 18.7. The number of nitrogens with one attached hydrogen (secondary N) is 1. The third-order valence-corrected chi connectivity index (χ3v) is 7.35. The maximum Gasteiger partial charge on any atom is 0.341 e. The summed E-state index contributed by atoms with van der Waals surface area (Å²) in [6, 6.07) is 4.94. The Morgan fingerprint density at radius 2 is 2.06 bits per heavy atom. The van der Waals surface area contributed by atoms with Crippen molar-refractivity contribution in [2.24, 2.45) is 0 Å². The first-order valence-corrected chi connectivity index (χ1v) is 12.5. The van der Waals surface area contributed by atoms with Gasteiger partial charge in [0.15, 0.2) is 11.0 Å². The average molecular weight is 541 g/mol. The highest BCUT2D eigenvalue weighted by Crippen LogP contribution is 2.33. The molecule has 34 heavy (non-hydrogen) atoms. The molecule has 0 fully saturated rings. The van der Waals surface area contributed by atoms with Gasteiger partial charge in [-0.1, -0.05) is 41.0 Å². The maximum absolute atomic E-state index is 12.6. The van der Waals surface area contributed by atoms with Gasteiger partial charge in [-0.3, -0.25) is 9.36 Å². The van der Waals surface area contributed by atoms with Crippen LogP contribution >= 0.6 is 46.3 Å². The fraction of sp³-hybridized carbons (Fsp3) is 0.273. The standard InChI is InChI=1S/C22H22Cl2N4O4S2/c1-5-8-28-17(10-32-16-9-14(23)6-7-15(16)24)26-27-22(28)33-11-18(29)25-20-19(21(30)31-4)12(2)13(3)34-20/h5-7,9H,1,8,10-11H2,2-4H3,(H,25,29). The number of benzene rings is 1. The Kier molecular flexibility index (Phi) is 9.01. The quantitative estimate of drug-likeness (QED) is 0.204. The van der Waals surface area contributed by atoms with Crippen molar-refractivity contribution in [1.29, 1.82) is 0 Å². The van der Waals surface area contributed by atoms with E-state index in [-0.39, 0.29) is 18.3 Å². The van der Waals surface area contributed by atoms with Crippen LogP contribution in [0.2, 0.25) is 10.0 Å². The first kappa shape index (κ1) is 26.1. The molecule has 0 saturated heterocycles. The Bertz CT molecular complexity index is 1230. The van der Waals surface area contributed by atoms with Gasteiger partial charge in [-0.05, 0) is 31.5 Å². The van der Waals surface area contributed by atoms with Crippen molar-refractivity contribution >= 4 is 63.2 Å². The third kappa shape index (κ3) is 6.12. The van der Waals surface area contributed by atoms with Gasteiger partial charge in [0.25, 0.3) is 0 Å². The number of rotatable bonds is 10. The highest BCUT2D eigenvalue weighted by atomic mass is 35.5. The lowest BCUT2D eigenvalue weighted by Gasteiger charge is -2.10. The van der Waals surface area contributed by atoms with E-state index in [1.807, 2.05) is 13.8 Å². The van der Waals surface area contributed by atoms with E-state index in [0.717, 1.165) is 10.4 Å². The molecule has 1 N–H and O–H groups in total. The van der Waals surface area contributed by atoms with Crippen molar-refractivity contribution < 1.29 is 19.1 Å². The molecular formula is C22H22Cl2N4O4S2. The van der Waals surface area contributed by atoms with Gasteiger partial charge in [-0.15, -0.1) is 28.1 Å². The van der Waals surface area contributed by atoms with Crippen molar-refractivity contribution in [2.75, 3.05) is 18.2 Å². The van der Waals surface area contributed by atoms with Gasteiger partial charge in [0.05, 0.1) is 23.4 Å². The van der Waals surface area contributed by atoms with E-state index in [2.05, 4.69) is 22.1 Å². The number of anilines is 1. The molecule has 1 aromatic carbocycles. The van der Waals surface area contributed by atoms with Crippen molar-refractivity contribution in [3.05, 3.63) is 62.7 Å². The number of methoxy groups -OCH3 is 1. The molecule has 2 heterocycles. The van der Waals surface area contributed by atoms with Gasteiger partial charge < -0.3 is 14.8 Å². The van der Waals surface area contributed by atoms with E-state index in [0.29, 0.717) is 43.9 Å². The molecule has 8 nitrogen and oxygen atoms in total. The molecule has 0 aliphatic rings. The van der Waals surface area contributed by atoms with Crippen LogP contribution in [0.15, 0.2) is 36.0 Å². The molecule has 0 bridgehead atoms. The number of esters is 1. The first-order chi connectivity index (χ1) is 16.2. The summed E-state index contributed by atoms with van der Waals surface area (Å²) in [6.07, 6.45) is 1.70. The Hall–Kier alpha value is -2.53. The first-order valence-electron chi connectivity index (χ1n) is 9.96. The van der Waals surface area contributed by atoms with Crippen LogP contribution in [0.4, 0.5) is 5.00 Å².